The highest BCUT2D eigenvalue weighted by atomic mass is 19.4. The van der Waals surface area contributed by atoms with E-state index in [2.05, 4.69) is 36.4 Å². The predicted octanol–water partition coefficient (Wildman–Crippen LogP) is 11.0. The number of nitrogens with zero attached hydrogens (tertiary/aromatic N) is 1. The van der Waals surface area contributed by atoms with Gasteiger partial charge in [-0.3, -0.25) is 4.79 Å². The van der Waals surface area contributed by atoms with Crippen molar-refractivity contribution in [1.29, 1.82) is 0 Å². The van der Waals surface area contributed by atoms with E-state index in [1.165, 1.54) is 11.6 Å². The zero-order chi connectivity index (χ0) is 37.0. The van der Waals surface area contributed by atoms with E-state index < -0.39 is 11.7 Å². The molecular weight excluding hydrogens is 675 g/mol. The normalized spacial score (nSPS) is 11.6. The summed E-state index contributed by atoms with van der Waals surface area (Å²) in [5, 5.41) is 7.31. The SMILES string of the molecule is COc1ccccc1COc1cccc(-c2cc(-c3cc(Cc4ccccc4)cc4c3Cc3ccccc3-4)nc3c(C(F)(F)F)cccc23)c1.O=CO. The molecule has 8 rings (SSSR count). The highest BCUT2D eigenvalue weighted by Gasteiger charge is 2.34. The summed E-state index contributed by atoms with van der Waals surface area (Å²) in [7, 11) is 1.62. The van der Waals surface area contributed by atoms with E-state index in [-0.39, 0.29) is 18.6 Å². The van der Waals surface area contributed by atoms with Crippen molar-refractivity contribution < 1.29 is 32.5 Å². The zero-order valence-electron chi connectivity index (χ0n) is 28.7. The van der Waals surface area contributed by atoms with E-state index >= 15 is 0 Å². The molecule has 5 nitrogen and oxygen atoms in total. The maximum atomic E-state index is 14.6. The molecule has 53 heavy (non-hydrogen) atoms. The largest absolute Gasteiger partial charge is 0.496 e. The molecule has 8 heteroatoms. The molecule has 1 aromatic heterocycles. The lowest BCUT2D eigenvalue weighted by Crippen LogP contribution is -2.07. The summed E-state index contributed by atoms with van der Waals surface area (Å²) >= 11 is 0. The first-order valence-corrected chi connectivity index (χ1v) is 17.0. The molecule has 1 aliphatic rings. The van der Waals surface area contributed by atoms with Crippen molar-refractivity contribution in [3.05, 3.63) is 173 Å². The van der Waals surface area contributed by atoms with E-state index in [9.17, 15) is 13.2 Å². The summed E-state index contributed by atoms with van der Waals surface area (Å²) in [4.78, 5) is 13.2. The molecule has 7 aromatic rings. The molecule has 1 heterocycles. The summed E-state index contributed by atoms with van der Waals surface area (Å²) in [6, 6.07) is 44.2. The van der Waals surface area contributed by atoms with Crippen molar-refractivity contribution in [3.63, 3.8) is 0 Å². The molecule has 0 unspecified atom stereocenters. The Morgan fingerprint density at radius 1 is 0.736 bits per heavy atom. The highest BCUT2D eigenvalue weighted by molar-refractivity contribution is 5.99. The molecule has 1 aliphatic carbocycles. The second-order valence-corrected chi connectivity index (χ2v) is 12.7. The molecule has 0 atom stereocenters. The lowest BCUT2D eigenvalue weighted by molar-refractivity contribution is -0.136. The smallest absolute Gasteiger partial charge is 0.418 e. The number of alkyl halides is 3. The van der Waals surface area contributed by atoms with E-state index in [4.69, 9.17) is 24.4 Å². The Morgan fingerprint density at radius 3 is 2.25 bits per heavy atom. The Hall–Kier alpha value is -6.41. The Balaban J connectivity index is 0.00000140. The summed E-state index contributed by atoms with van der Waals surface area (Å²) in [6.45, 7) is 0.0228. The van der Waals surface area contributed by atoms with Crippen molar-refractivity contribution in [2.24, 2.45) is 0 Å². The number of para-hydroxylation sites is 2. The number of aromatic nitrogens is 1. The molecule has 0 bridgehead atoms. The molecule has 0 spiro atoms. The maximum absolute atomic E-state index is 14.6. The van der Waals surface area contributed by atoms with Gasteiger partial charge in [0.15, 0.2) is 0 Å². The van der Waals surface area contributed by atoms with Gasteiger partial charge in [-0.15, -0.1) is 0 Å². The predicted molar refractivity (Wildman–Crippen MR) is 201 cm³/mol. The molecule has 0 aliphatic heterocycles. The van der Waals surface area contributed by atoms with Gasteiger partial charge in [-0.25, -0.2) is 4.98 Å². The first-order valence-electron chi connectivity index (χ1n) is 17.0. The fourth-order valence-corrected chi connectivity index (χ4v) is 7.04. The number of carboxylic acid groups (broad SMARTS) is 1. The number of carbonyl (C=O) groups is 1. The van der Waals surface area contributed by atoms with Crippen molar-refractivity contribution in [2.75, 3.05) is 7.11 Å². The average Bonchev–Trinajstić information content (AvgIpc) is 3.55. The molecule has 0 saturated heterocycles. The van der Waals surface area contributed by atoms with Gasteiger partial charge in [0, 0.05) is 16.5 Å². The number of benzene rings is 6. The number of fused-ring (bicyclic) bond motifs is 4. The van der Waals surface area contributed by atoms with E-state index in [0.717, 1.165) is 56.3 Å². The van der Waals surface area contributed by atoms with Crippen LogP contribution in [0.4, 0.5) is 13.2 Å². The first kappa shape index (κ1) is 35.0. The zero-order valence-corrected chi connectivity index (χ0v) is 28.7. The van der Waals surface area contributed by atoms with E-state index in [1.54, 1.807) is 13.2 Å². The fraction of sp³-hybridized carbons (Fsp3) is 0.111. The Labute approximate surface area is 304 Å². The van der Waals surface area contributed by atoms with Crippen LogP contribution in [0.15, 0.2) is 140 Å². The molecule has 1 N–H and O–H groups in total. The van der Waals surface area contributed by atoms with Crippen molar-refractivity contribution in [1.82, 2.24) is 4.98 Å². The highest BCUT2D eigenvalue weighted by Crippen LogP contribution is 2.45. The molecule has 0 saturated carbocycles. The number of hydrogen-bond donors (Lipinski definition) is 1. The van der Waals surface area contributed by atoms with Crippen LogP contribution in [-0.2, 0) is 30.4 Å². The quantitative estimate of drug-likeness (QED) is 0.159. The number of halogens is 3. The topological polar surface area (TPSA) is 68.7 Å². The number of methoxy groups -OCH3 is 1. The van der Waals surface area contributed by atoms with Gasteiger partial charge in [0.1, 0.15) is 18.1 Å². The van der Waals surface area contributed by atoms with Crippen LogP contribution in [0.3, 0.4) is 0 Å². The minimum atomic E-state index is -4.59. The van der Waals surface area contributed by atoms with Crippen LogP contribution in [0.1, 0.15) is 33.4 Å². The monoisotopic (exact) mass is 709 g/mol. The molecule has 6 aromatic carbocycles. The second-order valence-electron chi connectivity index (χ2n) is 12.7. The van der Waals surface area contributed by atoms with Gasteiger partial charge in [-0.2, -0.15) is 13.2 Å². The molecular formula is C45H34F3NO4. The lowest BCUT2D eigenvalue weighted by atomic mass is 9.91. The van der Waals surface area contributed by atoms with Crippen LogP contribution in [0.25, 0.3) is 44.4 Å². The third-order valence-electron chi connectivity index (χ3n) is 9.39. The number of hydrogen-bond acceptors (Lipinski definition) is 4. The van der Waals surface area contributed by atoms with E-state index in [0.29, 0.717) is 35.2 Å². The standard InChI is InChI=1S/C44H32F3NO2.CH2O2/c1-49-42-20-8-6-14-32(42)27-50-33-16-9-15-30(24-33)36-26-41(48-43-35(36)18-10-19-40(43)44(45,46)47)39-23-29(21-28-11-3-2-4-12-28)22-37-34-17-7-5-13-31(34)25-38(37)39;2-1-3/h2-20,22-24,26H,21,25,27H2,1H3;1H,(H,2,3). The molecule has 0 amide bonds. The van der Waals surface area contributed by atoms with Gasteiger partial charge in [0.05, 0.1) is 23.9 Å². The Morgan fingerprint density at radius 2 is 1.45 bits per heavy atom. The molecule has 0 fully saturated rings. The minimum Gasteiger partial charge on any atom is -0.496 e. The minimum absolute atomic E-state index is 0.0782. The van der Waals surface area contributed by atoms with Gasteiger partial charge in [0.2, 0.25) is 0 Å². The molecule has 0 radical (unpaired) electrons. The first-order chi connectivity index (χ1) is 25.8. The van der Waals surface area contributed by atoms with Crippen LogP contribution in [0.5, 0.6) is 11.5 Å². The summed E-state index contributed by atoms with van der Waals surface area (Å²) in [6.07, 6.45) is -3.23. The van der Waals surface area contributed by atoms with E-state index in [1.807, 2.05) is 84.9 Å². The number of pyridine rings is 1. The third-order valence-corrected chi connectivity index (χ3v) is 9.39. The maximum Gasteiger partial charge on any atom is 0.418 e. The Kier molecular flexibility index (Phi) is 9.95. The summed E-state index contributed by atoms with van der Waals surface area (Å²) in [5.41, 5.74) is 9.51. The summed E-state index contributed by atoms with van der Waals surface area (Å²) in [5.74, 6) is 1.31. The van der Waals surface area contributed by atoms with Gasteiger partial charge < -0.3 is 14.6 Å². The van der Waals surface area contributed by atoms with Crippen LogP contribution in [0, 0.1) is 0 Å². The van der Waals surface area contributed by atoms with Gasteiger partial charge in [-0.1, -0.05) is 103 Å². The van der Waals surface area contributed by atoms with Crippen LogP contribution in [-0.4, -0.2) is 23.7 Å². The van der Waals surface area contributed by atoms with Crippen molar-refractivity contribution in [2.45, 2.75) is 25.6 Å². The Bertz CT molecular complexity index is 2430. The van der Waals surface area contributed by atoms with Gasteiger partial charge in [-0.05, 0) is 93.7 Å². The second kappa shape index (κ2) is 15.1. The third kappa shape index (κ3) is 7.35. The van der Waals surface area contributed by atoms with Crippen molar-refractivity contribution in [3.8, 4) is 45.0 Å². The van der Waals surface area contributed by atoms with Crippen LogP contribution >= 0.6 is 0 Å². The van der Waals surface area contributed by atoms with Crippen molar-refractivity contribution >= 4 is 17.4 Å². The van der Waals surface area contributed by atoms with Gasteiger partial charge >= 0.3 is 6.18 Å². The molecule has 264 valence electrons. The summed E-state index contributed by atoms with van der Waals surface area (Å²) < 4.78 is 55.5. The van der Waals surface area contributed by atoms with Crippen LogP contribution in [0.2, 0.25) is 0 Å². The lowest BCUT2D eigenvalue weighted by Gasteiger charge is -2.18. The van der Waals surface area contributed by atoms with Crippen LogP contribution < -0.4 is 9.47 Å². The van der Waals surface area contributed by atoms with Gasteiger partial charge in [0.25, 0.3) is 6.47 Å². The number of rotatable bonds is 8. The average molecular weight is 710 g/mol. The fourth-order valence-electron chi connectivity index (χ4n) is 7.04. The number of ether oxygens (including phenoxy) is 2.